The molecule has 0 saturated carbocycles. The van der Waals surface area contributed by atoms with Crippen LogP contribution in [0.5, 0.6) is 0 Å². The fourth-order valence-corrected chi connectivity index (χ4v) is 0.700. The van der Waals surface area contributed by atoms with Crippen molar-refractivity contribution in [3.05, 3.63) is 0 Å². The van der Waals surface area contributed by atoms with Crippen molar-refractivity contribution in [1.82, 2.24) is 0 Å². The first-order valence-corrected chi connectivity index (χ1v) is 4.31. The average Bonchev–Trinajstić information content (AvgIpc) is 2.18. The van der Waals surface area contributed by atoms with Gasteiger partial charge in [0.15, 0.2) is 0 Å². The Balaban J connectivity index is 4.96. The van der Waals surface area contributed by atoms with E-state index in [0.717, 1.165) is 13.8 Å². The second kappa shape index (κ2) is 5.13. The van der Waals surface area contributed by atoms with Crippen molar-refractivity contribution < 1.29 is 36.6 Å². The Hall–Kier alpha value is -1.34. The molecule has 8 heteroatoms. The fraction of sp³-hybridized carbons (Fsp3) is 0.750. The van der Waals surface area contributed by atoms with Crippen LogP contribution in [0.4, 0.5) is 17.6 Å². The lowest BCUT2D eigenvalue weighted by Crippen LogP contribution is -2.53. The number of halogens is 4. The normalized spacial score (nSPS) is 12.1. The molecule has 94 valence electrons. The van der Waals surface area contributed by atoms with E-state index in [9.17, 15) is 27.2 Å². The molecule has 0 saturated heterocycles. The molecule has 0 rings (SSSR count). The van der Waals surface area contributed by atoms with Gasteiger partial charge in [-0.05, 0) is 13.8 Å². The van der Waals surface area contributed by atoms with E-state index in [0.29, 0.717) is 0 Å². The highest BCUT2D eigenvalue weighted by molar-refractivity contribution is 5.90. The third-order valence-corrected chi connectivity index (χ3v) is 1.46. The zero-order valence-corrected chi connectivity index (χ0v) is 8.56. The molecule has 4 nitrogen and oxygen atoms in total. The molecule has 0 N–H and O–H groups in total. The van der Waals surface area contributed by atoms with Crippen LogP contribution in [0.25, 0.3) is 0 Å². The number of alkyl halides is 4. The maximum absolute atomic E-state index is 12.8. The summed E-state index contributed by atoms with van der Waals surface area (Å²) in [5.41, 5.74) is 0. The quantitative estimate of drug-likeness (QED) is 0.543. The van der Waals surface area contributed by atoms with Crippen molar-refractivity contribution >= 4 is 11.9 Å². The molecular weight excluding hydrogens is 236 g/mol. The summed E-state index contributed by atoms with van der Waals surface area (Å²) in [6.07, 6.45) is 0. The van der Waals surface area contributed by atoms with Crippen molar-refractivity contribution in [3.8, 4) is 0 Å². The summed E-state index contributed by atoms with van der Waals surface area (Å²) in [7, 11) is 0. The fourth-order valence-electron chi connectivity index (χ4n) is 0.700. The van der Waals surface area contributed by atoms with Crippen molar-refractivity contribution in [3.63, 3.8) is 0 Å². The van der Waals surface area contributed by atoms with Gasteiger partial charge in [0.25, 0.3) is 0 Å². The molecule has 0 spiro atoms. The molecule has 0 atom stereocenters. The molecule has 0 aromatic carbocycles. The summed E-state index contributed by atoms with van der Waals surface area (Å²) < 4.78 is 58.8. The van der Waals surface area contributed by atoms with E-state index in [1.54, 1.807) is 0 Å². The number of rotatable bonds is 5. The van der Waals surface area contributed by atoms with Gasteiger partial charge >= 0.3 is 23.8 Å². The van der Waals surface area contributed by atoms with Crippen LogP contribution in [-0.4, -0.2) is 37.0 Å². The molecule has 0 amide bonds. The number of hydrogen-bond donors (Lipinski definition) is 0. The standard InChI is InChI=1S/C8H10F4O4/c1-3-15-5(13)7(9,10)8(11,12)6(14)16-4-2/h3-4H2,1-2H3. The highest BCUT2D eigenvalue weighted by Gasteiger charge is 2.69. The minimum atomic E-state index is -5.24. The van der Waals surface area contributed by atoms with Gasteiger partial charge in [0.1, 0.15) is 0 Å². The van der Waals surface area contributed by atoms with Crippen LogP contribution in [0, 0.1) is 0 Å². The van der Waals surface area contributed by atoms with Gasteiger partial charge in [-0.25, -0.2) is 9.59 Å². The summed E-state index contributed by atoms with van der Waals surface area (Å²) in [6, 6.07) is 0. The van der Waals surface area contributed by atoms with Gasteiger partial charge in [-0.1, -0.05) is 0 Å². The number of carbonyl (C=O) groups is 2. The van der Waals surface area contributed by atoms with Crippen LogP contribution >= 0.6 is 0 Å². The monoisotopic (exact) mass is 246 g/mol. The Morgan fingerprint density at radius 1 is 0.875 bits per heavy atom. The summed E-state index contributed by atoms with van der Waals surface area (Å²) >= 11 is 0. The van der Waals surface area contributed by atoms with E-state index in [1.165, 1.54) is 0 Å². The molecule has 0 aliphatic rings. The molecule has 0 fully saturated rings. The lowest BCUT2D eigenvalue weighted by atomic mass is 10.2. The lowest BCUT2D eigenvalue weighted by molar-refractivity contribution is -0.237. The van der Waals surface area contributed by atoms with Gasteiger partial charge in [-0.3, -0.25) is 0 Å². The first kappa shape index (κ1) is 14.7. The second-order valence-corrected chi connectivity index (χ2v) is 2.59. The Kier molecular flexibility index (Phi) is 4.70. The molecule has 0 aromatic rings. The van der Waals surface area contributed by atoms with Crippen LogP contribution in [0.1, 0.15) is 13.8 Å². The molecule has 16 heavy (non-hydrogen) atoms. The van der Waals surface area contributed by atoms with Gasteiger partial charge in [0.05, 0.1) is 13.2 Å². The molecule has 0 aromatic heterocycles. The van der Waals surface area contributed by atoms with E-state index in [4.69, 9.17) is 0 Å². The summed E-state index contributed by atoms with van der Waals surface area (Å²) in [6.45, 7) is 1.31. The van der Waals surface area contributed by atoms with Crippen LogP contribution in [-0.2, 0) is 19.1 Å². The van der Waals surface area contributed by atoms with Gasteiger partial charge in [0.2, 0.25) is 0 Å². The number of carbonyl (C=O) groups excluding carboxylic acids is 2. The third kappa shape index (κ3) is 2.61. The van der Waals surface area contributed by atoms with Crippen molar-refractivity contribution in [2.24, 2.45) is 0 Å². The van der Waals surface area contributed by atoms with Gasteiger partial charge < -0.3 is 9.47 Å². The highest BCUT2D eigenvalue weighted by Crippen LogP contribution is 2.36. The lowest BCUT2D eigenvalue weighted by Gasteiger charge is -2.22. The smallest absolute Gasteiger partial charge is 0.415 e. The average molecular weight is 246 g/mol. The maximum atomic E-state index is 12.8. The van der Waals surface area contributed by atoms with Gasteiger partial charge in [-0.15, -0.1) is 0 Å². The zero-order valence-electron chi connectivity index (χ0n) is 8.56. The van der Waals surface area contributed by atoms with Gasteiger partial charge in [-0.2, -0.15) is 17.6 Å². The first-order valence-electron chi connectivity index (χ1n) is 4.31. The molecule has 0 bridgehead atoms. The summed E-state index contributed by atoms with van der Waals surface area (Å²) in [5, 5.41) is 0. The van der Waals surface area contributed by atoms with E-state index in [1.807, 2.05) is 0 Å². The molecule has 0 heterocycles. The zero-order chi connectivity index (χ0) is 13.0. The van der Waals surface area contributed by atoms with E-state index in [-0.39, 0.29) is 0 Å². The molecular formula is C8H10F4O4. The predicted octanol–water partition coefficient (Wildman–Crippen LogP) is 1.38. The Morgan fingerprint density at radius 2 is 1.12 bits per heavy atom. The molecule has 0 unspecified atom stereocenters. The SMILES string of the molecule is CCOC(=O)C(F)(F)C(F)(F)C(=O)OCC. The Bertz CT molecular complexity index is 249. The number of ether oxygens (including phenoxy) is 2. The molecule has 0 aliphatic heterocycles. The predicted molar refractivity (Wildman–Crippen MR) is 43.2 cm³/mol. The second-order valence-electron chi connectivity index (χ2n) is 2.59. The van der Waals surface area contributed by atoms with Crippen LogP contribution in [0.2, 0.25) is 0 Å². The van der Waals surface area contributed by atoms with Crippen LogP contribution in [0.3, 0.4) is 0 Å². The van der Waals surface area contributed by atoms with E-state index >= 15 is 0 Å². The minimum absolute atomic E-state index is 0.507. The summed E-state index contributed by atoms with van der Waals surface area (Å²) in [4.78, 5) is 21.1. The number of esters is 2. The van der Waals surface area contributed by atoms with Crippen molar-refractivity contribution in [2.75, 3.05) is 13.2 Å². The number of hydrogen-bond acceptors (Lipinski definition) is 4. The molecule has 0 aliphatic carbocycles. The van der Waals surface area contributed by atoms with Crippen LogP contribution in [0.15, 0.2) is 0 Å². The molecule has 0 radical (unpaired) electrons. The highest BCUT2D eigenvalue weighted by atomic mass is 19.3. The maximum Gasteiger partial charge on any atom is 0.415 e. The topological polar surface area (TPSA) is 52.6 Å². The first-order chi connectivity index (χ1) is 7.21. The van der Waals surface area contributed by atoms with Crippen molar-refractivity contribution in [2.45, 2.75) is 25.7 Å². The summed E-state index contributed by atoms with van der Waals surface area (Å²) in [5.74, 6) is -15.4. The Labute approximate surface area is 88.5 Å². The minimum Gasteiger partial charge on any atom is -0.461 e. The van der Waals surface area contributed by atoms with Crippen molar-refractivity contribution in [1.29, 1.82) is 0 Å². The third-order valence-electron chi connectivity index (χ3n) is 1.46. The Morgan fingerprint density at radius 3 is 1.31 bits per heavy atom. The van der Waals surface area contributed by atoms with E-state index < -0.39 is 37.0 Å². The van der Waals surface area contributed by atoms with E-state index in [2.05, 4.69) is 9.47 Å². The van der Waals surface area contributed by atoms with Crippen LogP contribution < -0.4 is 0 Å². The van der Waals surface area contributed by atoms with Gasteiger partial charge in [0, 0.05) is 0 Å². The largest absolute Gasteiger partial charge is 0.461 e.